The molecular formula is C23H16BrCl2F9N2O2. The lowest BCUT2D eigenvalue weighted by Gasteiger charge is -2.19. The lowest BCUT2D eigenvalue weighted by molar-refractivity contribution is -0.154. The summed E-state index contributed by atoms with van der Waals surface area (Å²) in [6, 6.07) is 4.01. The van der Waals surface area contributed by atoms with E-state index in [9.17, 15) is 49.1 Å². The molecule has 0 saturated carbocycles. The van der Waals surface area contributed by atoms with Gasteiger partial charge >= 0.3 is 18.5 Å². The van der Waals surface area contributed by atoms with Crippen molar-refractivity contribution >= 4 is 57.0 Å². The van der Waals surface area contributed by atoms with Crippen LogP contribution < -0.4 is 10.6 Å². The van der Waals surface area contributed by atoms with E-state index in [0.717, 1.165) is 31.2 Å². The number of carbonyl (C=O) groups is 2. The lowest BCUT2D eigenvalue weighted by Crippen LogP contribution is -2.47. The maximum atomic E-state index is 13.7. The summed E-state index contributed by atoms with van der Waals surface area (Å²) in [5.41, 5.74) is -3.25. The molecule has 0 bridgehead atoms. The van der Waals surface area contributed by atoms with Gasteiger partial charge in [-0.25, -0.2) is 0 Å². The summed E-state index contributed by atoms with van der Waals surface area (Å²) in [6.07, 6.45) is -16.9. The van der Waals surface area contributed by atoms with Gasteiger partial charge in [-0.1, -0.05) is 41.4 Å². The highest BCUT2D eigenvalue weighted by Crippen LogP contribution is 2.41. The van der Waals surface area contributed by atoms with Crippen molar-refractivity contribution in [3.8, 4) is 0 Å². The van der Waals surface area contributed by atoms with Gasteiger partial charge in [0, 0.05) is 0 Å². The summed E-state index contributed by atoms with van der Waals surface area (Å²) < 4.78 is 119. The number of benzene rings is 2. The molecule has 2 aromatic rings. The molecule has 0 saturated heterocycles. The van der Waals surface area contributed by atoms with Crippen LogP contribution in [-0.4, -0.2) is 30.3 Å². The molecule has 0 spiro atoms. The molecule has 2 rings (SSSR count). The third kappa shape index (κ3) is 9.60. The Bertz CT molecular complexity index is 1240. The molecule has 16 heteroatoms. The van der Waals surface area contributed by atoms with E-state index in [1.807, 2.05) is 5.32 Å². The third-order valence-electron chi connectivity index (χ3n) is 4.88. The number of nitrogens with one attached hydrogen (secondary N) is 2. The van der Waals surface area contributed by atoms with Gasteiger partial charge < -0.3 is 10.6 Å². The standard InChI is InChI=1S/C23H16BrCl2F9N2O2/c1-10(36-18(38)9-21(27,28)29)37-20(39)13-4-2-11(6-15(13)23(33,34)35)3-5-14(22(30,31)32)12-7-16(25)19(24)17(26)8-12/h2-8,10,14H,9H2,1H3,(H,36,38)(H,37,39)/t10-,14?/m1/s1. The summed E-state index contributed by atoms with van der Waals surface area (Å²) in [5, 5.41) is 3.43. The zero-order chi connectivity index (χ0) is 29.9. The average molecular weight is 674 g/mol. The summed E-state index contributed by atoms with van der Waals surface area (Å²) in [7, 11) is 0. The van der Waals surface area contributed by atoms with Gasteiger partial charge in [0.25, 0.3) is 5.91 Å². The van der Waals surface area contributed by atoms with Crippen LogP contribution in [0.2, 0.25) is 10.0 Å². The first-order valence-corrected chi connectivity index (χ1v) is 12.0. The Morgan fingerprint density at radius 2 is 1.51 bits per heavy atom. The summed E-state index contributed by atoms with van der Waals surface area (Å²) in [4.78, 5) is 23.7. The van der Waals surface area contributed by atoms with Gasteiger partial charge in [0.15, 0.2) is 0 Å². The van der Waals surface area contributed by atoms with Gasteiger partial charge in [0.2, 0.25) is 5.91 Å². The maximum Gasteiger partial charge on any atom is 0.417 e. The number of rotatable bonds is 7. The number of alkyl halides is 9. The van der Waals surface area contributed by atoms with Crippen molar-refractivity contribution in [2.45, 2.75) is 44.0 Å². The highest BCUT2D eigenvalue weighted by molar-refractivity contribution is 9.10. The fourth-order valence-electron chi connectivity index (χ4n) is 3.25. The van der Waals surface area contributed by atoms with Crippen LogP contribution in [0.4, 0.5) is 39.5 Å². The molecule has 2 atom stereocenters. The second-order valence-electron chi connectivity index (χ2n) is 8.03. The van der Waals surface area contributed by atoms with E-state index < -0.39 is 60.0 Å². The van der Waals surface area contributed by atoms with Crippen LogP contribution >= 0.6 is 39.1 Å². The van der Waals surface area contributed by atoms with Crippen LogP contribution in [0.5, 0.6) is 0 Å². The number of hydrogen-bond donors (Lipinski definition) is 2. The molecule has 2 amide bonds. The first-order chi connectivity index (χ1) is 17.7. The van der Waals surface area contributed by atoms with Gasteiger partial charge in [-0.05, 0) is 58.2 Å². The molecule has 0 aliphatic heterocycles. The van der Waals surface area contributed by atoms with E-state index in [2.05, 4.69) is 15.9 Å². The number of amides is 2. The van der Waals surface area contributed by atoms with Crippen LogP contribution in [-0.2, 0) is 11.0 Å². The molecule has 2 N–H and O–H groups in total. The Kier molecular flexibility index (Phi) is 10.4. The Morgan fingerprint density at radius 1 is 0.949 bits per heavy atom. The van der Waals surface area contributed by atoms with Crippen LogP contribution in [0.1, 0.15) is 46.3 Å². The van der Waals surface area contributed by atoms with Crippen molar-refractivity contribution in [1.82, 2.24) is 10.6 Å². The van der Waals surface area contributed by atoms with Crippen molar-refractivity contribution in [3.05, 3.63) is 73.2 Å². The molecule has 39 heavy (non-hydrogen) atoms. The van der Waals surface area contributed by atoms with Crippen molar-refractivity contribution in [2.24, 2.45) is 0 Å². The maximum absolute atomic E-state index is 13.7. The Balaban J connectivity index is 2.36. The van der Waals surface area contributed by atoms with Crippen LogP contribution in [0.25, 0.3) is 6.08 Å². The summed E-state index contributed by atoms with van der Waals surface area (Å²) in [6.45, 7) is 1.02. The van der Waals surface area contributed by atoms with E-state index in [0.29, 0.717) is 18.2 Å². The van der Waals surface area contributed by atoms with Gasteiger partial charge in [-0.3, -0.25) is 9.59 Å². The first-order valence-electron chi connectivity index (χ1n) is 10.5. The Labute approximate surface area is 233 Å². The molecule has 2 aromatic carbocycles. The topological polar surface area (TPSA) is 58.2 Å². The number of allylic oxidation sites excluding steroid dienone is 1. The van der Waals surface area contributed by atoms with E-state index in [1.54, 1.807) is 5.32 Å². The van der Waals surface area contributed by atoms with Crippen molar-refractivity contribution in [1.29, 1.82) is 0 Å². The Morgan fingerprint density at radius 3 is 2.00 bits per heavy atom. The van der Waals surface area contributed by atoms with Crippen molar-refractivity contribution < 1.29 is 49.1 Å². The van der Waals surface area contributed by atoms with Gasteiger partial charge in [0.1, 0.15) is 6.42 Å². The fraction of sp³-hybridized carbons (Fsp3) is 0.304. The molecule has 0 aromatic heterocycles. The van der Waals surface area contributed by atoms with Crippen LogP contribution in [0.15, 0.2) is 40.9 Å². The average Bonchev–Trinajstić information content (AvgIpc) is 2.74. The molecule has 1 unspecified atom stereocenters. The number of halogens is 12. The van der Waals surface area contributed by atoms with Gasteiger partial charge in [-0.15, -0.1) is 0 Å². The van der Waals surface area contributed by atoms with E-state index in [1.165, 1.54) is 0 Å². The monoisotopic (exact) mass is 672 g/mol. The third-order valence-corrected chi connectivity index (χ3v) is 6.79. The second-order valence-corrected chi connectivity index (χ2v) is 9.64. The molecule has 4 nitrogen and oxygen atoms in total. The minimum absolute atomic E-state index is 0.126. The molecule has 0 radical (unpaired) electrons. The molecule has 214 valence electrons. The first kappa shape index (κ1) is 32.8. The quantitative estimate of drug-likeness (QED) is 0.177. The lowest BCUT2D eigenvalue weighted by atomic mass is 9.96. The smallest absolute Gasteiger partial charge is 0.336 e. The molecule has 0 heterocycles. The van der Waals surface area contributed by atoms with E-state index >= 15 is 0 Å². The van der Waals surface area contributed by atoms with Crippen LogP contribution in [0.3, 0.4) is 0 Å². The normalized spacial score (nSPS) is 14.3. The van der Waals surface area contributed by atoms with Gasteiger partial charge in [0.05, 0.1) is 37.7 Å². The summed E-state index contributed by atoms with van der Waals surface area (Å²) in [5.74, 6) is -5.23. The molecule has 0 aliphatic rings. The molecule has 0 aliphatic carbocycles. The van der Waals surface area contributed by atoms with Crippen LogP contribution in [0, 0.1) is 0 Å². The second kappa shape index (κ2) is 12.4. The van der Waals surface area contributed by atoms with Crippen molar-refractivity contribution in [2.75, 3.05) is 0 Å². The summed E-state index contributed by atoms with van der Waals surface area (Å²) >= 11 is 14.8. The molecule has 0 fully saturated rings. The zero-order valence-electron chi connectivity index (χ0n) is 19.3. The Hall–Kier alpha value is -2.45. The predicted octanol–water partition coefficient (Wildman–Crippen LogP) is 8.28. The van der Waals surface area contributed by atoms with Crippen molar-refractivity contribution in [3.63, 3.8) is 0 Å². The minimum Gasteiger partial charge on any atom is -0.336 e. The minimum atomic E-state index is -5.14. The SMILES string of the molecule is C[C@H](NC(=O)CC(F)(F)F)NC(=O)c1ccc(C=CC(c2cc(Cl)c(Br)c(Cl)c2)C(F)(F)F)cc1C(F)(F)F. The van der Waals surface area contributed by atoms with E-state index in [4.69, 9.17) is 23.2 Å². The fourth-order valence-corrected chi connectivity index (χ4v) is 3.99. The largest absolute Gasteiger partial charge is 0.417 e. The van der Waals surface area contributed by atoms with E-state index in [-0.39, 0.29) is 25.6 Å². The number of hydrogen-bond acceptors (Lipinski definition) is 2. The highest BCUT2D eigenvalue weighted by atomic mass is 79.9. The zero-order valence-corrected chi connectivity index (χ0v) is 22.4. The predicted molar refractivity (Wildman–Crippen MR) is 129 cm³/mol. The number of carbonyl (C=O) groups excluding carboxylic acids is 2. The highest BCUT2D eigenvalue weighted by Gasteiger charge is 2.40. The van der Waals surface area contributed by atoms with Gasteiger partial charge in [-0.2, -0.15) is 39.5 Å². The molecular weight excluding hydrogens is 658 g/mol.